The lowest BCUT2D eigenvalue weighted by Crippen LogP contribution is -2.42. The first kappa shape index (κ1) is 12.2. The Morgan fingerprint density at radius 3 is 2.94 bits per heavy atom. The quantitative estimate of drug-likeness (QED) is 0.872. The Bertz CT molecular complexity index is 349. The zero-order valence-corrected chi connectivity index (χ0v) is 10.6. The summed E-state index contributed by atoms with van der Waals surface area (Å²) in [4.78, 5) is 0. The lowest BCUT2D eigenvalue weighted by Gasteiger charge is -2.24. The standard InChI is InChI=1S/C12H16Cl2N2/c13-10-4-3-9(12(14)6-10)7-16-11-2-1-5-15-8-11/h3-4,6,11,15-16H,1-2,5,7-8H2/t11-/m0/s1. The molecule has 2 N–H and O–H groups in total. The van der Waals surface area contributed by atoms with Crippen LogP contribution in [0.25, 0.3) is 0 Å². The third-order valence-corrected chi connectivity index (χ3v) is 3.48. The maximum absolute atomic E-state index is 6.11. The average molecular weight is 259 g/mol. The van der Waals surface area contributed by atoms with Gasteiger partial charge in [-0.3, -0.25) is 0 Å². The second-order valence-electron chi connectivity index (χ2n) is 4.16. The van der Waals surface area contributed by atoms with Crippen molar-refractivity contribution in [1.29, 1.82) is 0 Å². The van der Waals surface area contributed by atoms with Crippen molar-refractivity contribution in [2.45, 2.75) is 25.4 Å². The first-order valence-electron chi connectivity index (χ1n) is 5.64. The molecule has 0 unspecified atom stereocenters. The van der Waals surface area contributed by atoms with Gasteiger partial charge in [-0.05, 0) is 37.1 Å². The summed E-state index contributed by atoms with van der Waals surface area (Å²) in [6, 6.07) is 6.21. The summed E-state index contributed by atoms with van der Waals surface area (Å²) in [7, 11) is 0. The van der Waals surface area contributed by atoms with Gasteiger partial charge in [0.2, 0.25) is 0 Å². The monoisotopic (exact) mass is 258 g/mol. The fraction of sp³-hybridized carbons (Fsp3) is 0.500. The van der Waals surface area contributed by atoms with Gasteiger partial charge in [-0.25, -0.2) is 0 Å². The molecular weight excluding hydrogens is 243 g/mol. The SMILES string of the molecule is Clc1ccc(CN[C@H]2CCCNC2)c(Cl)c1. The molecule has 1 aliphatic heterocycles. The maximum atomic E-state index is 6.11. The molecule has 4 heteroatoms. The van der Waals surface area contributed by atoms with Gasteiger partial charge in [0.05, 0.1) is 0 Å². The fourth-order valence-corrected chi connectivity index (χ4v) is 2.42. The van der Waals surface area contributed by atoms with E-state index in [2.05, 4.69) is 10.6 Å². The molecule has 88 valence electrons. The van der Waals surface area contributed by atoms with Crippen LogP contribution in [0.15, 0.2) is 18.2 Å². The molecule has 0 radical (unpaired) electrons. The fourth-order valence-electron chi connectivity index (χ4n) is 1.95. The molecule has 0 aromatic heterocycles. The van der Waals surface area contributed by atoms with Crippen LogP contribution in [0.5, 0.6) is 0 Å². The van der Waals surface area contributed by atoms with Crippen LogP contribution in [0.4, 0.5) is 0 Å². The average Bonchev–Trinajstić information content (AvgIpc) is 2.29. The highest BCUT2D eigenvalue weighted by atomic mass is 35.5. The van der Waals surface area contributed by atoms with Crippen molar-refractivity contribution in [2.75, 3.05) is 13.1 Å². The van der Waals surface area contributed by atoms with E-state index in [0.717, 1.165) is 30.2 Å². The summed E-state index contributed by atoms with van der Waals surface area (Å²) >= 11 is 12.0. The Hall–Kier alpha value is -0.280. The molecule has 1 aromatic carbocycles. The number of piperidine rings is 1. The van der Waals surface area contributed by atoms with Crippen LogP contribution in [0.3, 0.4) is 0 Å². The van der Waals surface area contributed by atoms with Gasteiger partial charge in [-0.2, -0.15) is 0 Å². The normalized spacial score (nSPS) is 21.0. The second kappa shape index (κ2) is 5.87. The third-order valence-electron chi connectivity index (χ3n) is 2.89. The zero-order valence-electron chi connectivity index (χ0n) is 9.10. The van der Waals surface area contributed by atoms with Gasteiger partial charge in [-0.1, -0.05) is 29.3 Å². The van der Waals surface area contributed by atoms with Crippen molar-refractivity contribution in [3.05, 3.63) is 33.8 Å². The van der Waals surface area contributed by atoms with Gasteiger partial charge in [-0.15, -0.1) is 0 Å². The van der Waals surface area contributed by atoms with E-state index < -0.39 is 0 Å². The second-order valence-corrected chi connectivity index (χ2v) is 5.00. The van der Waals surface area contributed by atoms with Crippen LogP contribution < -0.4 is 10.6 Å². The van der Waals surface area contributed by atoms with E-state index in [1.165, 1.54) is 12.8 Å². The molecule has 0 spiro atoms. The number of nitrogens with one attached hydrogen (secondary N) is 2. The highest BCUT2D eigenvalue weighted by Gasteiger charge is 2.12. The van der Waals surface area contributed by atoms with Crippen LogP contribution in [0.2, 0.25) is 10.0 Å². The Kier molecular flexibility index (Phi) is 4.47. The van der Waals surface area contributed by atoms with Crippen LogP contribution in [-0.2, 0) is 6.54 Å². The van der Waals surface area contributed by atoms with Crippen LogP contribution in [0, 0.1) is 0 Å². The van der Waals surface area contributed by atoms with Gasteiger partial charge in [0, 0.05) is 29.2 Å². The van der Waals surface area contributed by atoms with E-state index in [0.29, 0.717) is 11.1 Å². The number of hydrogen-bond acceptors (Lipinski definition) is 2. The van der Waals surface area contributed by atoms with E-state index >= 15 is 0 Å². The van der Waals surface area contributed by atoms with Crippen molar-refractivity contribution in [3.63, 3.8) is 0 Å². The minimum Gasteiger partial charge on any atom is -0.315 e. The predicted molar refractivity (Wildman–Crippen MR) is 69.2 cm³/mol. The molecular formula is C12H16Cl2N2. The van der Waals surface area contributed by atoms with Gasteiger partial charge in [0.25, 0.3) is 0 Å². The highest BCUT2D eigenvalue weighted by molar-refractivity contribution is 6.35. The van der Waals surface area contributed by atoms with E-state index in [1.807, 2.05) is 12.1 Å². The number of hydrogen-bond donors (Lipinski definition) is 2. The van der Waals surface area contributed by atoms with Crippen molar-refractivity contribution >= 4 is 23.2 Å². The van der Waals surface area contributed by atoms with E-state index in [-0.39, 0.29) is 0 Å². The molecule has 16 heavy (non-hydrogen) atoms. The number of rotatable bonds is 3. The molecule has 2 nitrogen and oxygen atoms in total. The topological polar surface area (TPSA) is 24.1 Å². The van der Waals surface area contributed by atoms with Gasteiger partial charge < -0.3 is 10.6 Å². The Morgan fingerprint density at radius 1 is 1.38 bits per heavy atom. The van der Waals surface area contributed by atoms with Crippen molar-refractivity contribution in [2.24, 2.45) is 0 Å². The first-order valence-corrected chi connectivity index (χ1v) is 6.39. The number of halogens is 2. The molecule has 1 aromatic rings. The molecule has 0 saturated carbocycles. The number of benzene rings is 1. The van der Waals surface area contributed by atoms with Gasteiger partial charge in [0.15, 0.2) is 0 Å². The summed E-state index contributed by atoms with van der Waals surface area (Å²) < 4.78 is 0. The molecule has 1 heterocycles. The largest absolute Gasteiger partial charge is 0.315 e. The first-order chi connectivity index (χ1) is 7.75. The van der Waals surface area contributed by atoms with Crippen LogP contribution >= 0.6 is 23.2 Å². The zero-order chi connectivity index (χ0) is 11.4. The summed E-state index contributed by atoms with van der Waals surface area (Å²) in [5, 5.41) is 8.31. The van der Waals surface area contributed by atoms with E-state index in [9.17, 15) is 0 Å². The van der Waals surface area contributed by atoms with E-state index in [4.69, 9.17) is 23.2 Å². The molecule has 2 rings (SSSR count). The highest BCUT2D eigenvalue weighted by Crippen LogP contribution is 2.21. The lowest BCUT2D eigenvalue weighted by molar-refractivity contribution is 0.389. The summed E-state index contributed by atoms with van der Waals surface area (Å²) in [5.74, 6) is 0. The molecule has 1 saturated heterocycles. The molecule has 0 aliphatic carbocycles. The minimum atomic E-state index is 0.556. The summed E-state index contributed by atoms with van der Waals surface area (Å²) in [6.45, 7) is 2.99. The van der Waals surface area contributed by atoms with Crippen molar-refractivity contribution < 1.29 is 0 Å². The lowest BCUT2D eigenvalue weighted by atomic mass is 10.1. The minimum absolute atomic E-state index is 0.556. The maximum Gasteiger partial charge on any atom is 0.0465 e. The Labute approximate surface area is 106 Å². The van der Waals surface area contributed by atoms with Gasteiger partial charge >= 0.3 is 0 Å². The molecule has 0 bridgehead atoms. The third kappa shape index (κ3) is 3.36. The molecule has 1 fully saturated rings. The summed E-state index contributed by atoms with van der Waals surface area (Å²) in [6.07, 6.45) is 2.48. The molecule has 1 atom stereocenters. The molecule has 0 amide bonds. The van der Waals surface area contributed by atoms with Crippen molar-refractivity contribution in [1.82, 2.24) is 10.6 Å². The summed E-state index contributed by atoms with van der Waals surface area (Å²) in [5.41, 5.74) is 1.11. The van der Waals surface area contributed by atoms with Crippen LogP contribution in [-0.4, -0.2) is 19.1 Å². The Morgan fingerprint density at radius 2 is 2.25 bits per heavy atom. The van der Waals surface area contributed by atoms with Crippen LogP contribution in [0.1, 0.15) is 18.4 Å². The Balaban J connectivity index is 1.88. The van der Waals surface area contributed by atoms with Crippen molar-refractivity contribution in [3.8, 4) is 0 Å². The van der Waals surface area contributed by atoms with E-state index in [1.54, 1.807) is 6.07 Å². The van der Waals surface area contributed by atoms with Gasteiger partial charge in [0.1, 0.15) is 0 Å². The smallest absolute Gasteiger partial charge is 0.0465 e. The predicted octanol–water partition coefficient (Wildman–Crippen LogP) is 2.84. The molecule has 1 aliphatic rings.